The predicted octanol–water partition coefficient (Wildman–Crippen LogP) is 3.67. The highest BCUT2D eigenvalue weighted by molar-refractivity contribution is 6.33. The van der Waals surface area contributed by atoms with Gasteiger partial charge in [0.15, 0.2) is 0 Å². The minimum absolute atomic E-state index is 0.0667. The third kappa shape index (κ3) is 3.16. The summed E-state index contributed by atoms with van der Waals surface area (Å²) in [7, 11) is 0. The minimum atomic E-state index is -1.21. The number of benzene rings is 2. The molecular weight excluding hydrogens is 308 g/mol. The van der Waals surface area contributed by atoms with Gasteiger partial charge < -0.3 is 10.4 Å². The van der Waals surface area contributed by atoms with Crippen molar-refractivity contribution in [2.45, 2.75) is 0 Å². The number of carboxylic acids is 1. The van der Waals surface area contributed by atoms with Crippen LogP contribution in [0.2, 0.25) is 5.02 Å². The van der Waals surface area contributed by atoms with Crippen LogP contribution in [0.1, 0.15) is 15.9 Å². The van der Waals surface area contributed by atoms with Gasteiger partial charge in [0, 0.05) is 17.7 Å². The van der Waals surface area contributed by atoms with Crippen LogP contribution in [-0.2, 0) is 0 Å². The Morgan fingerprint density at radius 3 is 2.55 bits per heavy atom. The molecule has 0 spiro atoms. The number of nitro groups is 1. The van der Waals surface area contributed by atoms with Gasteiger partial charge in [-0.25, -0.2) is 4.79 Å². The second-order valence-electron chi connectivity index (χ2n) is 4.26. The van der Waals surface area contributed by atoms with Crippen molar-refractivity contribution >= 4 is 34.6 Å². The highest BCUT2D eigenvalue weighted by Gasteiger charge is 2.16. The first kappa shape index (κ1) is 15.4. The zero-order valence-corrected chi connectivity index (χ0v) is 11.8. The molecule has 0 aliphatic heterocycles. The van der Waals surface area contributed by atoms with Gasteiger partial charge in [-0.2, -0.15) is 0 Å². The van der Waals surface area contributed by atoms with Gasteiger partial charge >= 0.3 is 5.97 Å². The number of carbonyl (C=O) groups is 1. The molecule has 2 N–H and O–H groups in total. The van der Waals surface area contributed by atoms with Crippen molar-refractivity contribution in [3.63, 3.8) is 0 Å². The molecule has 0 aliphatic rings. The van der Waals surface area contributed by atoms with Gasteiger partial charge in [-0.3, -0.25) is 10.1 Å². The molecule has 2 aromatic carbocycles. The van der Waals surface area contributed by atoms with Gasteiger partial charge in [0.2, 0.25) is 0 Å². The lowest BCUT2D eigenvalue weighted by atomic mass is 10.1. The molecule has 0 aromatic heterocycles. The van der Waals surface area contributed by atoms with Gasteiger partial charge in [-0.1, -0.05) is 17.5 Å². The van der Waals surface area contributed by atoms with E-state index in [4.69, 9.17) is 23.1 Å². The van der Waals surface area contributed by atoms with Crippen molar-refractivity contribution in [3.8, 4) is 12.3 Å². The van der Waals surface area contributed by atoms with Crippen molar-refractivity contribution in [3.05, 3.63) is 62.7 Å². The Kier molecular flexibility index (Phi) is 4.30. The van der Waals surface area contributed by atoms with Crippen LogP contribution in [0.3, 0.4) is 0 Å². The number of non-ortho nitro benzene ring substituents is 1. The maximum absolute atomic E-state index is 11.2. The number of anilines is 2. The molecule has 0 unspecified atom stereocenters. The Bertz CT molecular complexity index is 812. The second kappa shape index (κ2) is 6.16. The lowest BCUT2D eigenvalue weighted by Gasteiger charge is -2.11. The van der Waals surface area contributed by atoms with Crippen molar-refractivity contribution in [2.75, 3.05) is 5.32 Å². The molecule has 0 saturated carbocycles. The molecule has 22 heavy (non-hydrogen) atoms. The molecule has 0 bridgehead atoms. The fraction of sp³-hybridized carbons (Fsp3) is 0. The first-order valence-electron chi connectivity index (χ1n) is 5.97. The maximum Gasteiger partial charge on any atom is 0.337 e. The number of hydrogen-bond donors (Lipinski definition) is 2. The van der Waals surface area contributed by atoms with E-state index in [0.717, 1.165) is 18.2 Å². The van der Waals surface area contributed by atoms with Crippen LogP contribution in [0.25, 0.3) is 0 Å². The molecule has 0 radical (unpaired) electrons. The lowest BCUT2D eigenvalue weighted by Crippen LogP contribution is -2.04. The summed E-state index contributed by atoms with van der Waals surface area (Å²) in [4.78, 5) is 21.4. The number of rotatable bonds is 4. The highest BCUT2D eigenvalue weighted by atomic mass is 35.5. The van der Waals surface area contributed by atoms with Gasteiger partial charge in [-0.05, 0) is 24.3 Å². The Morgan fingerprint density at radius 2 is 2.00 bits per heavy atom. The Hall–Kier alpha value is -3.04. The fourth-order valence-electron chi connectivity index (χ4n) is 1.79. The summed E-state index contributed by atoms with van der Waals surface area (Å²) in [6.07, 6.45) is 5.26. The average Bonchev–Trinajstić information content (AvgIpc) is 2.48. The Morgan fingerprint density at radius 1 is 1.27 bits per heavy atom. The largest absolute Gasteiger partial charge is 0.478 e. The first-order chi connectivity index (χ1) is 10.4. The van der Waals surface area contributed by atoms with Crippen LogP contribution in [0, 0.1) is 22.5 Å². The van der Waals surface area contributed by atoms with Crippen molar-refractivity contribution in [2.24, 2.45) is 0 Å². The number of terminal acetylenes is 1. The van der Waals surface area contributed by atoms with Crippen LogP contribution >= 0.6 is 11.6 Å². The fourth-order valence-corrected chi connectivity index (χ4v) is 2.01. The molecule has 2 aromatic rings. The summed E-state index contributed by atoms with van der Waals surface area (Å²) in [5, 5.41) is 23.0. The quantitative estimate of drug-likeness (QED) is 0.510. The van der Waals surface area contributed by atoms with E-state index >= 15 is 0 Å². The van der Waals surface area contributed by atoms with E-state index in [2.05, 4.69) is 11.2 Å². The Labute approximate surface area is 130 Å². The highest BCUT2D eigenvalue weighted by Crippen LogP contribution is 2.30. The molecule has 7 heteroatoms. The van der Waals surface area contributed by atoms with Crippen LogP contribution in [-0.4, -0.2) is 16.0 Å². The lowest BCUT2D eigenvalue weighted by molar-refractivity contribution is -0.384. The number of nitro benzene ring substituents is 1. The molecule has 0 fully saturated rings. The molecule has 0 amide bonds. The average molecular weight is 317 g/mol. The summed E-state index contributed by atoms with van der Waals surface area (Å²) in [5.41, 5.74) is 0.681. The maximum atomic E-state index is 11.2. The zero-order chi connectivity index (χ0) is 16.3. The number of nitrogens with one attached hydrogen (secondary N) is 1. The number of aromatic carboxylic acids is 1. The third-order valence-electron chi connectivity index (χ3n) is 2.85. The summed E-state index contributed by atoms with van der Waals surface area (Å²) >= 11 is 6.05. The van der Waals surface area contributed by atoms with Gasteiger partial charge in [-0.15, -0.1) is 6.42 Å². The van der Waals surface area contributed by atoms with Crippen LogP contribution < -0.4 is 5.32 Å². The van der Waals surface area contributed by atoms with E-state index < -0.39 is 10.9 Å². The molecule has 0 heterocycles. The van der Waals surface area contributed by atoms with E-state index in [1.807, 2.05) is 0 Å². The van der Waals surface area contributed by atoms with E-state index in [9.17, 15) is 14.9 Å². The molecule has 0 saturated heterocycles. The monoisotopic (exact) mass is 316 g/mol. The smallest absolute Gasteiger partial charge is 0.337 e. The van der Waals surface area contributed by atoms with Gasteiger partial charge in [0.25, 0.3) is 5.69 Å². The topological polar surface area (TPSA) is 92.5 Å². The van der Waals surface area contributed by atoms with E-state index in [-0.39, 0.29) is 22.0 Å². The van der Waals surface area contributed by atoms with Crippen LogP contribution in [0.15, 0.2) is 36.4 Å². The predicted molar refractivity (Wildman–Crippen MR) is 82.7 cm³/mol. The standard InChI is InChI=1S/C15H9ClN2O4/c1-2-9-3-6-13(12(16)7-9)17-14-8-10(18(21)22)4-5-11(14)15(19)20/h1,3-8,17H,(H,19,20). The van der Waals surface area contributed by atoms with Crippen molar-refractivity contribution < 1.29 is 14.8 Å². The molecule has 6 nitrogen and oxygen atoms in total. The summed E-state index contributed by atoms with van der Waals surface area (Å²) in [5.74, 6) is 1.20. The number of hydrogen-bond acceptors (Lipinski definition) is 4. The molecular formula is C15H9ClN2O4. The SMILES string of the molecule is C#Cc1ccc(Nc2cc([N+](=O)[O-])ccc2C(=O)O)c(Cl)c1. The summed E-state index contributed by atoms with van der Waals surface area (Å²) in [6, 6.07) is 8.13. The van der Waals surface area contributed by atoms with Gasteiger partial charge in [0.05, 0.1) is 26.9 Å². The summed E-state index contributed by atoms with van der Waals surface area (Å²) < 4.78 is 0. The molecule has 0 atom stereocenters. The normalized spacial score (nSPS) is 9.82. The zero-order valence-electron chi connectivity index (χ0n) is 11.0. The molecule has 110 valence electrons. The minimum Gasteiger partial charge on any atom is -0.478 e. The number of halogens is 1. The Balaban J connectivity index is 2.47. The van der Waals surface area contributed by atoms with Crippen LogP contribution in [0.4, 0.5) is 17.1 Å². The summed E-state index contributed by atoms with van der Waals surface area (Å²) in [6.45, 7) is 0. The van der Waals surface area contributed by atoms with E-state index in [1.165, 1.54) is 6.07 Å². The molecule has 0 aliphatic carbocycles. The van der Waals surface area contributed by atoms with Gasteiger partial charge in [0.1, 0.15) is 0 Å². The second-order valence-corrected chi connectivity index (χ2v) is 4.66. The van der Waals surface area contributed by atoms with Crippen molar-refractivity contribution in [1.29, 1.82) is 0 Å². The van der Waals surface area contributed by atoms with Crippen LogP contribution in [0.5, 0.6) is 0 Å². The third-order valence-corrected chi connectivity index (χ3v) is 3.16. The number of nitrogens with zero attached hydrogens (tertiary/aromatic N) is 1. The van der Waals surface area contributed by atoms with Crippen molar-refractivity contribution in [1.82, 2.24) is 0 Å². The van der Waals surface area contributed by atoms with E-state index in [0.29, 0.717) is 11.3 Å². The molecule has 2 rings (SSSR count). The number of carboxylic acid groups (broad SMARTS) is 1. The van der Waals surface area contributed by atoms with E-state index in [1.54, 1.807) is 12.1 Å². The first-order valence-corrected chi connectivity index (χ1v) is 6.35.